The Hall–Kier alpha value is -3.85. The average Bonchev–Trinajstić information content (AvgIpc) is 3.28. The first kappa shape index (κ1) is 26.7. The van der Waals surface area contributed by atoms with E-state index < -0.39 is 35.4 Å². The monoisotopic (exact) mass is 555 g/mol. The summed E-state index contributed by atoms with van der Waals surface area (Å²) in [4.78, 5) is 30.3. The van der Waals surface area contributed by atoms with Crippen molar-refractivity contribution in [3.63, 3.8) is 0 Å². The van der Waals surface area contributed by atoms with Crippen LogP contribution in [0.5, 0.6) is 0 Å². The number of ether oxygens (including phenoxy) is 1. The van der Waals surface area contributed by atoms with Crippen molar-refractivity contribution in [2.75, 3.05) is 12.4 Å². The number of imidazole rings is 1. The third kappa shape index (κ3) is 5.36. The molecule has 0 aliphatic heterocycles. The summed E-state index contributed by atoms with van der Waals surface area (Å²) in [5.74, 6) is -4.02. The molecule has 1 N–H and O–H groups in total. The largest absolute Gasteiger partial charge is 0.465 e. The number of amides is 1. The molecule has 202 valence electrons. The first-order valence-electron chi connectivity index (χ1n) is 12.6. The number of halogens is 4. The zero-order valence-electron chi connectivity index (χ0n) is 21.0. The van der Waals surface area contributed by atoms with Gasteiger partial charge in [-0.2, -0.15) is 0 Å². The Morgan fingerprint density at radius 2 is 1.67 bits per heavy atom. The van der Waals surface area contributed by atoms with Crippen LogP contribution in [0.15, 0.2) is 54.6 Å². The molecule has 1 fully saturated rings. The Labute approximate surface area is 227 Å². The summed E-state index contributed by atoms with van der Waals surface area (Å²) >= 11 is 6.08. The van der Waals surface area contributed by atoms with E-state index in [0.717, 1.165) is 37.5 Å². The van der Waals surface area contributed by atoms with E-state index in [9.17, 15) is 22.8 Å². The second-order valence-electron chi connectivity index (χ2n) is 9.59. The number of carbonyl (C=O) groups excluding carboxylic acids is 2. The maximum absolute atomic E-state index is 14.9. The molecule has 1 aliphatic carbocycles. The summed E-state index contributed by atoms with van der Waals surface area (Å²) in [6.07, 6.45) is 4.23. The molecule has 1 unspecified atom stereocenters. The van der Waals surface area contributed by atoms with Crippen LogP contribution in [0.25, 0.3) is 22.4 Å². The van der Waals surface area contributed by atoms with Crippen molar-refractivity contribution in [1.82, 2.24) is 9.55 Å². The number of nitrogens with zero attached hydrogens (tertiary/aromatic N) is 2. The van der Waals surface area contributed by atoms with Crippen molar-refractivity contribution in [3.05, 3.63) is 82.6 Å². The minimum Gasteiger partial charge on any atom is -0.465 e. The lowest BCUT2D eigenvalue weighted by Gasteiger charge is -2.32. The maximum atomic E-state index is 14.9. The molecular formula is C29H25ClF3N3O3. The molecule has 3 aromatic carbocycles. The van der Waals surface area contributed by atoms with Crippen LogP contribution in [0.3, 0.4) is 0 Å². The van der Waals surface area contributed by atoms with E-state index in [4.69, 9.17) is 11.6 Å². The highest BCUT2D eigenvalue weighted by Gasteiger charge is 2.35. The number of anilines is 1. The van der Waals surface area contributed by atoms with Crippen molar-refractivity contribution in [2.24, 2.45) is 5.92 Å². The first-order valence-corrected chi connectivity index (χ1v) is 13.0. The van der Waals surface area contributed by atoms with Gasteiger partial charge in [0, 0.05) is 22.7 Å². The van der Waals surface area contributed by atoms with Gasteiger partial charge in [0.1, 0.15) is 17.7 Å². The highest BCUT2D eigenvalue weighted by Crippen LogP contribution is 2.39. The van der Waals surface area contributed by atoms with Crippen LogP contribution in [0, 0.1) is 23.4 Å². The Balaban J connectivity index is 1.65. The van der Waals surface area contributed by atoms with E-state index in [1.165, 1.54) is 19.2 Å². The average molecular weight is 556 g/mol. The molecule has 1 aromatic heterocycles. The van der Waals surface area contributed by atoms with E-state index in [-0.39, 0.29) is 28.2 Å². The number of fused-ring (bicyclic) bond motifs is 1. The lowest BCUT2D eigenvalue weighted by atomic mass is 9.83. The quantitative estimate of drug-likeness (QED) is 0.253. The molecule has 1 saturated carbocycles. The summed E-state index contributed by atoms with van der Waals surface area (Å²) in [5.41, 5.74) is 0.897. The molecule has 1 heterocycles. The van der Waals surface area contributed by atoms with Crippen molar-refractivity contribution in [2.45, 2.75) is 38.1 Å². The number of rotatable bonds is 6. The van der Waals surface area contributed by atoms with Gasteiger partial charge in [-0.15, -0.1) is 0 Å². The number of aromatic nitrogens is 2. The molecule has 39 heavy (non-hydrogen) atoms. The Morgan fingerprint density at radius 3 is 2.33 bits per heavy atom. The topological polar surface area (TPSA) is 73.2 Å². The summed E-state index contributed by atoms with van der Waals surface area (Å²) < 4.78 is 49.9. The number of carbonyl (C=O) groups is 2. The van der Waals surface area contributed by atoms with Gasteiger partial charge in [-0.25, -0.2) is 22.9 Å². The normalized spacial score (nSPS) is 14.8. The van der Waals surface area contributed by atoms with Gasteiger partial charge in [-0.1, -0.05) is 30.9 Å². The number of benzene rings is 3. The predicted octanol–water partition coefficient (Wildman–Crippen LogP) is 7.32. The summed E-state index contributed by atoms with van der Waals surface area (Å²) in [6.45, 7) is 0. The highest BCUT2D eigenvalue weighted by molar-refractivity contribution is 6.30. The third-order valence-electron chi connectivity index (χ3n) is 7.13. The molecule has 5 rings (SSSR count). The molecule has 0 saturated heterocycles. The summed E-state index contributed by atoms with van der Waals surface area (Å²) in [7, 11) is 1.19. The van der Waals surface area contributed by atoms with Gasteiger partial charge in [0.05, 0.1) is 29.4 Å². The first-order chi connectivity index (χ1) is 18.8. The zero-order chi connectivity index (χ0) is 27.7. The molecule has 0 spiro atoms. The van der Waals surface area contributed by atoms with Crippen LogP contribution >= 0.6 is 11.6 Å². The number of hydrogen-bond donors (Lipinski definition) is 1. The fraction of sp³-hybridized carbons (Fsp3) is 0.276. The van der Waals surface area contributed by atoms with E-state index in [1.54, 1.807) is 28.8 Å². The molecule has 1 atom stereocenters. The van der Waals surface area contributed by atoms with E-state index in [2.05, 4.69) is 15.0 Å². The molecular weight excluding hydrogens is 531 g/mol. The van der Waals surface area contributed by atoms with Gasteiger partial charge in [-0.3, -0.25) is 4.79 Å². The van der Waals surface area contributed by atoms with Gasteiger partial charge < -0.3 is 14.6 Å². The Morgan fingerprint density at radius 1 is 0.974 bits per heavy atom. The molecule has 6 nitrogen and oxygen atoms in total. The van der Waals surface area contributed by atoms with Crippen LogP contribution < -0.4 is 5.32 Å². The molecule has 0 radical (unpaired) electrons. The summed E-state index contributed by atoms with van der Waals surface area (Å²) in [6, 6.07) is 11.5. The predicted molar refractivity (Wildman–Crippen MR) is 142 cm³/mol. The van der Waals surface area contributed by atoms with Crippen molar-refractivity contribution in [3.8, 4) is 11.4 Å². The lowest BCUT2D eigenvalue weighted by Crippen LogP contribution is -2.34. The maximum Gasteiger partial charge on any atom is 0.337 e. The van der Waals surface area contributed by atoms with Crippen molar-refractivity contribution >= 4 is 40.2 Å². The lowest BCUT2D eigenvalue weighted by molar-refractivity contribution is -0.121. The smallest absolute Gasteiger partial charge is 0.337 e. The highest BCUT2D eigenvalue weighted by atomic mass is 35.5. The molecule has 1 aliphatic rings. The fourth-order valence-corrected chi connectivity index (χ4v) is 5.36. The zero-order valence-corrected chi connectivity index (χ0v) is 21.8. The van der Waals surface area contributed by atoms with E-state index >= 15 is 0 Å². The van der Waals surface area contributed by atoms with Gasteiger partial charge in [0.25, 0.3) is 0 Å². The molecule has 0 bridgehead atoms. The number of hydrogen-bond acceptors (Lipinski definition) is 4. The van der Waals surface area contributed by atoms with E-state index in [0.29, 0.717) is 29.3 Å². The number of esters is 1. The Bertz CT molecular complexity index is 1550. The van der Waals surface area contributed by atoms with Crippen LogP contribution in [-0.4, -0.2) is 28.5 Å². The van der Waals surface area contributed by atoms with Gasteiger partial charge >= 0.3 is 5.97 Å². The van der Waals surface area contributed by atoms with Crippen molar-refractivity contribution in [1.29, 1.82) is 0 Å². The van der Waals surface area contributed by atoms with Gasteiger partial charge in [0.2, 0.25) is 5.91 Å². The third-order valence-corrected chi connectivity index (χ3v) is 7.38. The van der Waals surface area contributed by atoms with Crippen LogP contribution in [-0.2, 0) is 9.53 Å². The standard InChI is InChI=1S/C29H25ClF3N3O3/c1-39-29(38)18-9-12-23(22(33)13-18)35-28(37)26(16-5-3-2-4-6-16)36-25-15-21(32)20(31)14-24(25)34-27(36)17-7-10-19(30)11-8-17/h7-16,26H,2-6H2,1H3,(H,35,37). The second-order valence-corrected chi connectivity index (χ2v) is 10.0. The van der Waals surface area contributed by atoms with Crippen molar-refractivity contribution < 1.29 is 27.5 Å². The second kappa shape index (κ2) is 11.1. The van der Waals surface area contributed by atoms with E-state index in [1.807, 2.05) is 0 Å². The molecule has 4 aromatic rings. The summed E-state index contributed by atoms with van der Waals surface area (Å²) in [5, 5.41) is 3.15. The minimum absolute atomic E-state index is 0.0000374. The van der Waals surface area contributed by atoms with Gasteiger partial charge in [-0.05, 0) is 61.2 Å². The fourth-order valence-electron chi connectivity index (χ4n) is 5.23. The molecule has 10 heteroatoms. The molecule has 1 amide bonds. The SMILES string of the molecule is COC(=O)c1ccc(NC(=O)C(C2CCCCC2)n2c(-c3ccc(Cl)cc3)nc3cc(F)c(F)cc32)c(F)c1. The minimum atomic E-state index is -1.07. The number of nitrogens with one attached hydrogen (secondary N) is 1. The number of methoxy groups -OCH3 is 1. The van der Waals surface area contributed by atoms with Gasteiger partial charge in [0.15, 0.2) is 11.6 Å². The van der Waals surface area contributed by atoms with Crippen LogP contribution in [0.4, 0.5) is 18.9 Å². The van der Waals surface area contributed by atoms with Crippen LogP contribution in [0.1, 0.15) is 48.5 Å². The van der Waals surface area contributed by atoms with Crippen LogP contribution in [0.2, 0.25) is 5.02 Å². The Kier molecular flexibility index (Phi) is 7.61.